The van der Waals surface area contributed by atoms with Crippen molar-refractivity contribution in [2.75, 3.05) is 24.5 Å². The van der Waals surface area contributed by atoms with Crippen LogP contribution in [0.2, 0.25) is 0 Å². The summed E-state index contributed by atoms with van der Waals surface area (Å²) in [6.07, 6.45) is 3.24. The van der Waals surface area contributed by atoms with Gasteiger partial charge in [0.2, 0.25) is 10.0 Å². The number of carbonyl (C=O) groups is 2. The number of sulfonamides is 1. The van der Waals surface area contributed by atoms with E-state index in [0.29, 0.717) is 18.7 Å². The van der Waals surface area contributed by atoms with E-state index < -0.39 is 28.0 Å². The minimum atomic E-state index is -3.78. The number of carbonyl (C=O) groups excluding carboxylic acids is 2. The van der Waals surface area contributed by atoms with Gasteiger partial charge in [0.25, 0.3) is 5.91 Å². The average Bonchev–Trinajstić information content (AvgIpc) is 2.84. The average molecular weight is 386 g/mol. The zero-order valence-electron chi connectivity index (χ0n) is 14.4. The molecule has 1 aromatic heterocycles. The lowest BCUT2D eigenvalue weighted by molar-refractivity contribution is -0.119. The monoisotopic (exact) mass is 386 g/mol. The second kappa shape index (κ2) is 6.75. The van der Waals surface area contributed by atoms with Crippen LogP contribution in [0.25, 0.3) is 0 Å². The van der Waals surface area contributed by atoms with Gasteiger partial charge in [-0.3, -0.25) is 9.78 Å². The van der Waals surface area contributed by atoms with Crippen molar-refractivity contribution < 1.29 is 18.0 Å². The number of nitrogens with zero attached hydrogens (tertiary/aromatic N) is 4. The van der Waals surface area contributed by atoms with Crippen molar-refractivity contribution in [1.29, 1.82) is 0 Å². The number of amides is 3. The molecule has 3 amide bonds. The standard InChI is InChI=1S/C18H18N4O4S/c23-17-16-13-20(27(25,26)15-8-4-9-19-12-15)10-5-11-21(16)18(24)22(17)14-6-2-1-3-7-14/h1-4,6-9,12,16H,5,10-11,13H2. The number of rotatable bonds is 3. The normalized spacial score (nSPS) is 21.3. The van der Waals surface area contributed by atoms with Crippen LogP contribution in [-0.4, -0.2) is 60.2 Å². The topological polar surface area (TPSA) is 90.9 Å². The lowest BCUT2D eigenvalue weighted by Crippen LogP contribution is -2.43. The molecule has 3 heterocycles. The van der Waals surface area contributed by atoms with E-state index in [-0.39, 0.29) is 18.0 Å². The third-order valence-corrected chi connectivity index (χ3v) is 6.64. The molecule has 0 saturated carbocycles. The fourth-order valence-corrected chi connectivity index (χ4v) is 4.90. The summed E-state index contributed by atoms with van der Waals surface area (Å²) in [7, 11) is -3.78. The molecule has 0 aliphatic carbocycles. The molecule has 2 saturated heterocycles. The van der Waals surface area contributed by atoms with E-state index >= 15 is 0 Å². The number of anilines is 1. The summed E-state index contributed by atoms with van der Waals surface area (Å²) < 4.78 is 27.1. The first kappa shape index (κ1) is 17.6. The van der Waals surface area contributed by atoms with Crippen molar-refractivity contribution >= 4 is 27.6 Å². The fourth-order valence-electron chi connectivity index (χ4n) is 3.45. The Morgan fingerprint density at radius 3 is 2.48 bits per heavy atom. The van der Waals surface area contributed by atoms with Crippen molar-refractivity contribution in [2.45, 2.75) is 17.4 Å². The molecule has 2 aliphatic rings. The quantitative estimate of drug-likeness (QED) is 0.742. The number of pyridine rings is 1. The molecule has 2 aliphatic heterocycles. The highest BCUT2D eigenvalue weighted by Gasteiger charge is 2.48. The first-order chi connectivity index (χ1) is 13.0. The van der Waals surface area contributed by atoms with Crippen LogP contribution < -0.4 is 4.90 Å². The molecule has 8 nitrogen and oxygen atoms in total. The maximum atomic E-state index is 12.9. The first-order valence-electron chi connectivity index (χ1n) is 8.60. The van der Waals surface area contributed by atoms with Crippen LogP contribution in [-0.2, 0) is 14.8 Å². The molecular weight excluding hydrogens is 368 g/mol. The molecule has 2 fully saturated rings. The third-order valence-electron chi connectivity index (χ3n) is 4.79. The van der Waals surface area contributed by atoms with Gasteiger partial charge in [-0.05, 0) is 30.7 Å². The number of benzene rings is 1. The highest BCUT2D eigenvalue weighted by atomic mass is 32.2. The minimum absolute atomic E-state index is 0.0644. The third kappa shape index (κ3) is 2.98. The number of aromatic nitrogens is 1. The number of fused-ring (bicyclic) bond motifs is 1. The molecule has 2 aromatic rings. The van der Waals surface area contributed by atoms with E-state index in [1.165, 1.54) is 27.7 Å². The molecular formula is C18H18N4O4S. The first-order valence-corrected chi connectivity index (χ1v) is 10.0. The molecule has 140 valence electrons. The van der Waals surface area contributed by atoms with E-state index in [2.05, 4.69) is 4.98 Å². The Balaban J connectivity index is 1.65. The zero-order chi connectivity index (χ0) is 19.0. The van der Waals surface area contributed by atoms with Gasteiger partial charge >= 0.3 is 6.03 Å². The van der Waals surface area contributed by atoms with Gasteiger partial charge in [0.15, 0.2) is 0 Å². The summed E-state index contributed by atoms with van der Waals surface area (Å²) in [5, 5.41) is 0. The maximum Gasteiger partial charge on any atom is 0.332 e. The Morgan fingerprint density at radius 1 is 1.00 bits per heavy atom. The van der Waals surface area contributed by atoms with E-state index in [1.54, 1.807) is 36.4 Å². The summed E-state index contributed by atoms with van der Waals surface area (Å²) in [6.45, 7) is 0.513. The Labute approximate surface area is 157 Å². The number of urea groups is 1. The smallest absolute Gasteiger partial charge is 0.311 e. The second-order valence-electron chi connectivity index (χ2n) is 6.41. The van der Waals surface area contributed by atoms with Crippen LogP contribution in [0.15, 0.2) is 59.8 Å². The minimum Gasteiger partial charge on any atom is -0.311 e. The molecule has 0 spiro atoms. The summed E-state index contributed by atoms with van der Waals surface area (Å²) in [5.41, 5.74) is 0.488. The molecule has 0 N–H and O–H groups in total. The van der Waals surface area contributed by atoms with Gasteiger partial charge < -0.3 is 4.90 Å². The largest absolute Gasteiger partial charge is 0.332 e. The summed E-state index contributed by atoms with van der Waals surface area (Å²) in [4.78, 5) is 32.3. The summed E-state index contributed by atoms with van der Waals surface area (Å²) >= 11 is 0. The SMILES string of the molecule is O=C1C2CN(S(=O)(=O)c3cccnc3)CCCN2C(=O)N1c1ccccc1. The summed E-state index contributed by atoms with van der Waals surface area (Å²) in [6, 6.07) is 10.5. The maximum absolute atomic E-state index is 12.9. The van der Waals surface area contributed by atoms with E-state index in [4.69, 9.17) is 0 Å². The molecule has 4 rings (SSSR count). The molecule has 1 aromatic carbocycles. The van der Waals surface area contributed by atoms with Crippen molar-refractivity contribution in [1.82, 2.24) is 14.2 Å². The van der Waals surface area contributed by atoms with Crippen LogP contribution in [0.4, 0.5) is 10.5 Å². The van der Waals surface area contributed by atoms with Crippen LogP contribution in [0, 0.1) is 0 Å². The highest BCUT2D eigenvalue weighted by Crippen LogP contribution is 2.29. The molecule has 0 bridgehead atoms. The lowest BCUT2D eigenvalue weighted by Gasteiger charge is -2.23. The van der Waals surface area contributed by atoms with E-state index in [0.717, 1.165) is 4.90 Å². The fraction of sp³-hybridized carbons (Fsp3) is 0.278. The Morgan fingerprint density at radius 2 is 1.78 bits per heavy atom. The lowest BCUT2D eigenvalue weighted by atomic mass is 10.2. The van der Waals surface area contributed by atoms with Gasteiger partial charge in [0, 0.05) is 32.0 Å². The molecule has 27 heavy (non-hydrogen) atoms. The van der Waals surface area contributed by atoms with Crippen molar-refractivity contribution in [2.24, 2.45) is 0 Å². The van der Waals surface area contributed by atoms with Crippen LogP contribution >= 0.6 is 0 Å². The molecule has 1 unspecified atom stereocenters. The zero-order valence-corrected chi connectivity index (χ0v) is 15.2. The van der Waals surface area contributed by atoms with Gasteiger partial charge in [0.05, 0.1) is 5.69 Å². The van der Waals surface area contributed by atoms with Gasteiger partial charge in [-0.1, -0.05) is 18.2 Å². The highest BCUT2D eigenvalue weighted by molar-refractivity contribution is 7.89. The van der Waals surface area contributed by atoms with Crippen LogP contribution in [0.1, 0.15) is 6.42 Å². The van der Waals surface area contributed by atoms with Crippen molar-refractivity contribution in [3.05, 3.63) is 54.9 Å². The Hall–Kier alpha value is -2.78. The van der Waals surface area contributed by atoms with E-state index in [9.17, 15) is 18.0 Å². The Bertz CT molecular complexity index is 965. The predicted octanol–water partition coefficient (Wildman–Crippen LogP) is 1.31. The second-order valence-corrected chi connectivity index (χ2v) is 8.34. The number of imide groups is 1. The summed E-state index contributed by atoms with van der Waals surface area (Å²) in [5.74, 6) is -0.403. The molecule has 0 radical (unpaired) electrons. The number of hydrogen-bond acceptors (Lipinski definition) is 5. The van der Waals surface area contributed by atoms with Crippen molar-refractivity contribution in [3.63, 3.8) is 0 Å². The number of hydrogen-bond donors (Lipinski definition) is 0. The van der Waals surface area contributed by atoms with Gasteiger partial charge in [-0.25, -0.2) is 18.1 Å². The Kier molecular flexibility index (Phi) is 4.40. The molecule has 9 heteroatoms. The number of para-hydroxylation sites is 1. The van der Waals surface area contributed by atoms with Crippen LogP contribution in [0.5, 0.6) is 0 Å². The van der Waals surface area contributed by atoms with Crippen LogP contribution in [0.3, 0.4) is 0 Å². The van der Waals surface area contributed by atoms with E-state index in [1.807, 2.05) is 0 Å². The van der Waals surface area contributed by atoms with Gasteiger partial charge in [0.1, 0.15) is 10.9 Å². The van der Waals surface area contributed by atoms with Gasteiger partial charge in [-0.15, -0.1) is 0 Å². The molecule has 1 atom stereocenters. The van der Waals surface area contributed by atoms with Gasteiger partial charge in [-0.2, -0.15) is 4.31 Å². The predicted molar refractivity (Wildman–Crippen MR) is 97.4 cm³/mol. The van der Waals surface area contributed by atoms with Crippen molar-refractivity contribution in [3.8, 4) is 0 Å².